The van der Waals surface area contributed by atoms with E-state index in [2.05, 4.69) is 15.5 Å². The lowest BCUT2D eigenvalue weighted by atomic mass is 9.99. The molecule has 1 amide bonds. The Bertz CT molecular complexity index is 407. The predicted molar refractivity (Wildman–Crippen MR) is 63.9 cm³/mol. The van der Waals surface area contributed by atoms with E-state index in [0.717, 1.165) is 25.9 Å². The van der Waals surface area contributed by atoms with Gasteiger partial charge < -0.3 is 9.52 Å². The zero-order valence-electron chi connectivity index (χ0n) is 10.4. The highest BCUT2D eigenvalue weighted by Crippen LogP contribution is 2.15. The maximum absolute atomic E-state index is 11.7. The fourth-order valence-corrected chi connectivity index (χ4v) is 2.15. The van der Waals surface area contributed by atoms with Crippen molar-refractivity contribution in [1.29, 1.82) is 0 Å². The minimum Gasteiger partial charge on any atom is -0.408 e. The van der Waals surface area contributed by atoms with Crippen LogP contribution in [0.3, 0.4) is 0 Å². The highest BCUT2D eigenvalue weighted by molar-refractivity contribution is 5.90. The molecule has 100 valence electrons. The van der Waals surface area contributed by atoms with Gasteiger partial charge in [0.25, 0.3) is 0 Å². The van der Waals surface area contributed by atoms with E-state index in [1.807, 2.05) is 4.90 Å². The van der Waals surface area contributed by atoms with Gasteiger partial charge in [-0.15, -0.1) is 5.10 Å². The number of likely N-dealkylation sites (tertiary alicyclic amines) is 1. The molecule has 18 heavy (non-hydrogen) atoms. The lowest BCUT2D eigenvalue weighted by molar-refractivity contribution is -0.117. The third-order valence-corrected chi connectivity index (χ3v) is 3.00. The number of aryl methyl sites for hydroxylation is 1. The van der Waals surface area contributed by atoms with Gasteiger partial charge in [-0.05, 0) is 25.3 Å². The van der Waals surface area contributed by atoms with Crippen molar-refractivity contribution in [2.24, 2.45) is 5.92 Å². The number of aliphatic hydroxyl groups excluding tert-OH is 1. The number of nitrogens with one attached hydrogen (secondary N) is 1. The van der Waals surface area contributed by atoms with Crippen molar-refractivity contribution in [2.75, 3.05) is 31.6 Å². The SMILES string of the molecule is Cc1nnc(NC(=O)CN2CCCC(CO)C2)o1. The Hall–Kier alpha value is -1.47. The minimum atomic E-state index is -0.169. The fraction of sp³-hybridized carbons (Fsp3) is 0.727. The maximum Gasteiger partial charge on any atom is 0.322 e. The molecule has 2 N–H and O–H groups in total. The van der Waals surface area contributed by atoms with E-state index in [1.165, 1.54) is 0 Å². The van der Waals surface area contributed by atoms with Gasteiger partial charge in [0.15, 0.2) is 0 Å². The summed E-state index contributed by atoms with van der Waals surface area (Å²) >= 11 is 0. The second kappa shape index (κ2) is 5.92. The number of nitrogens with zero attached hydrogens (tertiary/aromatic N) is 3. The number of aromatic nitrogens is 2. The van der Waals surface area contributed by atoms with Gasteiger partial charge in [0.1, 0.15) is 0 Å². The number of anilines is 1. The Morgan fingerprint density at radius 2 is 2.44 bits per heavy atom. The number of piperidine rings is 1. The fourth-order valence-electron chi connectivity index (χ4n) is 2.15. The number of hydrogen-bond acceptors (Lipinski definition) is 6. The predicted octanol–water partition coefficient (Wildman–Crippen LogP) is 0.0208. The average molecular weight is 254 g/mol. The summed E-state index contributed by atoms with van der Waals surface area (Å²) in [6, 6.07) is 0.133. The Morgan fingerprint density at radius 1 is 1.61 bits per heavy atom. The number of aliphatic hydroxyl groups is 1. The molecule has 7 nitrogen and oxygen atoms in total. The van der Waals surface area contributed by atoms with Gasteiger partial charge in [0.05, 0.1) is 6.54 Å². The highest BCUT2D eigenvalue weighted by atomic mass is 16.4. The summed E-state index contributed by atoms with van der Waals surface area (Å²) in [6.45, 7) is 3.78. The average Bonchev–Trinajstić information content (AvgIpc) is 2.74. The lowest BCUT2D eigenvalue weighted by Gasteiger charge is -2.30. The molecule has 7 heteroatoms. The Labute approximate surface area is 105 Å². The number of amides is 1. The van der Waals surface area contributed by atoms with E-state index in [0.29, 0.717) is 5.89 Å². The van der Waals surface area contributed by atoms with Crippen LogP contribution in [0.2, 0.25) is 0 Å². The van der Waals surface area contributed by atoms with Crippen LogP contribution < -0.4 is 5.32 Å². The Kier molecular flexibility index (Phi) is 4.27. The second-order valence-corrected chi connectivity index (χ2v) is 4.60. The van der Waals surface area contributed by atoms with Crippen LogP contribution in [0, 0.1) is 12.8 Å². The summed E-state index contributed by atoms with van der Waals surface area (Å²) in [5.41, 5.74) is 0. The number of carbonyl (C=O) groups is 1. The molecule has 0 aromatic carbocycles. The van der Waals surface area contributed by atoms with Gasteiger partial charge in [-0.3, -0.25) is 15.0 Å². The molecule has 1 aromatic rings. The quantitative estimate of drug-likeness (QED) is 0.787. The maximum atomic E-state index is 11.7. The van der Waals surface area contributed by atoms with Crippen molar-refractivity contribution in [3.05, 3.63) is 5.89 Å². The summed E-state index contributed by atoms with van der Waals surface area (Å²) in [6.07, 6.45) is 2.04. The first kappa shape index (κ1) is 13.0. The summed E-state index contributed by atoms with van der Waals surface area (Å²) < 4.78 is 5.07. The van der Waals surface area contributed by atoms with E-state index >= 15 is 0 Å². The third kappa shape index (κ3) is 3.51. The van der Waals surface area contributed by atoms with Gasteiger partial charge in [0, 0.05) is 20.1 Å². The minimum absolute atomic E-state index is 0.133. The molecule has 1 aromatic heterocycles. The molecule has 0 saturated carbocycles. The van der Waals surface area contributed by atoms with Crippen LogP contribution >= 0.6 is 0 Å². The van der Waals surface area contributed by atoms with Crippen molar-refractivity contribution < 1.29 is 14.3 Å². The zero-order chi connectivity index (χ0) is 13.0. The van der Waals surface area contributed by atoms with Gasteiger partial charge >= 0.3 is 6.01 Å². The molecule has 1 atom stereocenters. The molecular formula is C11H18N4O3. The molecule has 2 heterocycles. The number of carbonyl (C=O) groups excluding carboxylic acids is 1. The van der Waals surface area contributed by atoms with Crippen LogP contribution in [0.4, 0.5) is 6.01 Å². The summed E-state index contributed by atoms with van der Waals surface area (Å²) in [5.74, 6) is 0.526. The lowest BCUT2D eigenvalue weighted by Crippen LogP contribution is -2.41. The molecule has 1 aliphatic rings. The normalized spacial score (nSPS) is 20.9. The molecule has 2 rings (SSSR count). The highest BCUT2D eigenvalue weighted by Gasteiger charge is 2.21. The van der Waals surface area contributed by atoms with E-state index in [1.54, 1.807) is 6.92 Å². The van der Waals surface area contributed by atoms with E-state index in [-0.39, 0.29) is 31.0 Å². The Morgan fingerprint density at radius 3 is 3.11 bits per heavy atom. The van der Waals surface area contributed by atoms with Crippen LogP contribution in [-0.2, 0) is 4.79 Å². The molecule has 0 aliphatic carbocycles. The Balaban J connectivity index is 1.80. The summed E-state index contributed by atoms with van der Waals surface area (Å²) in [4.78, 5) is 13.8. The smallest absolute Gasteiger partial charge is 0.322 e. The van der Waals surface area contributed by atoms with Crippen molar-refractivity contribution in [3.8, 4) is 0 Å². The topological polar surface area (TPSA) is 91.5 Å². The van der Waals surface area contributed by atoms with Gasteiger partial charge in [0.2, 0.25) is 11.8 Å². The van der Waals surface area contributed by atoms with Crippen LogP contribution in [0.5, 0.6) is 0 Å². The molecule has 0 radical (unpaired) electrons. The van der Waals surface area contributed by atoms with Gasteiger partial charge in [-0.2, -0.15) is 0 Å². The first-order chi connectivity index (χ1) is 8.67. The zero-order valence-corrected chi connectivity index (χ0v) is 10.4. The standard InChI is InChI=1S/C11H18N4O3/c1-8-13-14-11(18-8)12-10(17)6-15-4-2-3-9(5-15)7-16/h9,16H,2-7H2,1H3,(H,12,14,17). The van der Waals surface area contributed by atoms with Crippen molar-refractivity contribution in [2.45, 2.75) is 19.8 Å². The summed E-state index contributed by atoms with van der Waals surface area (Å²) in [5, 5.41) is 19.0. The molecule has 1 unspecified atom stereocenters. The first-order valence-electron chi connectivity index (χ1n) is 6.10. The molecule has 1 saturated heterocycles. The van der Waals surface area contributed by atoms with E-state index < -0.39 is 0 Å². The van der Waals surface area contributed by atoms with Crippen LogP contribution in [0.15, 0.2) is 4.42 Å². The van der Waals surface area contributed by atoms with Crippen molar-refractivity contribution in [1.82, 2.24) is 15.1 Å². The van der Waals surface area contributed by atoms with Gasteiger partial charge in [-0.25, -0.2) is 0 Å². The van der Waals surface area contributed by atoms with Gasteiger partial charge in [-0.1, -0.05) is 5.10 Å². The van der Waals surface area contributed by atoms with Crippen LogP contribution in [0.1, 0.15) is 18.7 Å². The number of rotatable bonds is 4. The molecular weight excluding hydrogens is 236 g/mol. The molecule has 0 bridgehead atoms. The largest absolute Gasteiger partial charge is 0.408 e. The van der Waals surface area contributed by atoms with E-state index in [4.69, 9.17) is 9.52 Å². The van der Waals surface area contributed by atoms with E-state index in [9.17, 15) is 4.79 Å². The first-order valence-corrected chi connectivity index (χ1v) is 6.10. The van der Waals surface area contributed by atoms with Crippen LogP contribution in [0.25, 0.3) is 0 Å². The van der Waals surface area contributed by atoms with Crippen molar-refractivity contribution in [3.63, 3.8) is 0 Å². The van der Waals surface area contributed by atoms with Crippen LogP contribution in [-0.4, -0.2) is 52.4 Å². The number of hydrogen-bond donors (Lipinski definition) is 2. The monoisotopic (exact) mass is 254 g/mol. The second-order valence-electron chi connectivity index (χ2n) is 4.60. The molecule has 1 fully saturated rings. The molecule has 1 aliphatic heterocycles. The molecule has 0 spiro atoms. The van der Waals surface area contributed by atoms with Crippen molar-refractivity contribution >= 4 is 11.9 Å². The summed E-state index contributed by atoms with van der Waals surface area (Å²) in [7, 11) is 0. The third-order valence-electron chi connectivity index (χ3n) is 3.00.